The SMILES string of the molecule is C.C.CC.CCCC(C)CC. The van der Waals surface area contributed by atoms with E-state index in [0.717, 1.165) is 5.92 Å². The van der Waals surface area contributed by atoms with Gasteiger partial charge < -0.3 is 0 Å². The van der Waals surface area contributed by atoms with Crippen LogP contribution in [-0.4, -0.2) is 0 Å². The van der Waals surface area contributed by atoms with E-state index in [2.05, 4.69) is 20.8 Å². The molecule has 0 saturated heterocycles. The summed E-state index contributed by atoms with van der Waals surface area (Å²) in [6, 6.07) is 0. The summed E-state index contributed by atoms with van der Waals surface area (Å²) in [6.07, 6.45) is 4.08. The van der Waals surface area contributed by atoms with E-state index < -0.39 is 0 Å². The molecule has 0 heteroatoms. The molecular formula is C11H30. The zero-order valence-corrected chi connectivity index (χ0v) is 7.70. The molecule has 0 N–H and O–H groups in total. The van der Waals surface area contributed by atoms with Crippen molar-refractivity contribution in [2.24, 2.45) is 5.92 Å². The van der Waals surface area contributed by atoms with Gasteiger partial charge in [0.1, 0.15) is 0 Å². The average Bonchev–Trinajstić information content (AvgIpc) is 1.93. The maximum Gasteiger partial charge on any atom is -0.0446 e. The van der Waals surface area contributed by atoms with Gasteiger partial charge in [-0.05, 0) is 5.92 Å². The van der Waals surface area contributed by atoms with Crippen LogP contribution in [-0.2, 0) is 0 Å². The molecule has 74 valence electrons. The van der Waals surface area contributed by atoms with Crippen LogP contribution in [0.5, 0.6) is 0 Å². The summed E-state index contributed by atoms with van der Waals surface area (Å²) in [5, 5.41) is 0. The molecule has 0 nitrogen and oxygen atoms in total. The van der Waals surface area contributed by atoms with Crippen molar-refractivity contribution in [1.82, 2.24) is 0 Å². The molecule has 0 aliphatic carbocycles. The highest BCUT2D eigenvalue weighted by Gasteiger charge is 1.92. The summed E-state index contributed by atoms with van der Waals surface area (Å²) in [6.45, 7) is 10.8. The van der Waals surface area contributed by atoms with Crippen molar-refractivity contribution in [3.63, 3.8) is 0 Å². The largest absolute Gasteiger partial charge is 0.0776 e. The summed E-state index contributed by atoms with van der Waals surface area (Å²) >= 11 is 0. The first kappa shape index (κ1) is 22.4. The van der Waals surface area contributed by atoms with Crippen molar-refractivity contribution in [3.8, 4) is 0 Å². The van der Waals surface area contributed by atoms with Gasteiger partial charge in [-0.1, -0.05) is 68.7 Å². The molecule has 0 aliphatic heterocycles. The molecule has 0 aromatic rings. The Bertz CT molecular complexity index is 31.0. The van der Waals surface area contributed by atoms with Crippen molar-refractivity contribution >= 4 is 0 Å². The standard InChI is InChI=1S/C7H16.C2H6.2CH4/c1-4-6-7(3)5-2;1-2;;/h7H,4-6H2,1-3H3;1-2H3;2*1H4. The predicted molar refractivity (Wildman–Crippen MR) is 59.2 cm³/mol. The van der Waals surface area contributed by atoms with Crippen molar-refractivity contribution in [3.05, 3.63) is 0 Å². The average molecular weight is 162 g/mol. The van der Waals surface area contributed by atoms with Gasteiger partial charge in [-0.25, -0.2) is 0 Å². The fraction of sp³-hybridized carbons (Fsp3) is 1.00. The van der Waals surface area contributed by atoms with Crippen molar-refractivity contribution in [1.29, 1.82) is 0 Å². The fourth-order valence-corrected chi connectivity index (χ4v) is 0.697. The molecule has 0 spiro atoms. The van der Waals surface area contributed by atoms with Crippen LogP contribution in [0, 0.1) is 5.92 Å². The highest BCUT2D eigenvalue weighted by atomic mass is 14.0. The van der Waals surface area contributed by atoms with Crippen LogP contribution in [0.15, 0.2) is 0 Å². The monoisotopic (exact) mass is 162 g/mol. The topological polar surface area (TPSA) is 0 Å². The summed E-state index contributed by atoms with van der Waals surface area (Å²) in [5.74, 6) is 0.949. The van der Waals surface area contributed by atoms with E-state index in [4.69, 9.17) is 0 Å². The lowest BCUT2D eigenvalue weighted by Crippen LogP contribution is -1.88. The molecule has 0 aromatic carbocycles. The quantitative estimate of drug-likeness (QED) is 0.539. The minimum atomic E-state index is 0. The van der Waals surface area contributed by atoms with E-state index in [-0.39, 0.29) is 14.9 Å². The number of hydrogen-bond donors (Lipinski definition) is 0. The second-order valence-electron chi connectivity index (χ2n) is 2.30. The Morgan fingerprint density at radius 2 is 1.36 bits per heavy atom. The van der Waals surface area contributed by atoms with E-state index in [9.17, 15) is 0 Å². The third-order valence-corrected chi connectivity index (χ3v) is 1.48. The Morgan fingerprint density at radius 3 is 1.45 bits per heavy atom. The maximum atomic E-state index is 2.31. The van der Waals surface area contributed by atoms with Crippen molar-refractivity contribution in [2.45, 2.75) is 68.7 Å². The van der Waals surface area contributed by atoms with Gasteiger partial charge in [0.05, 0.1) is 0 Å². The smallest absolute Gasteiger partial charge is 0.0446 e. The normalized spacial score (nSPS) is 9.55. The third-order valence-electron chi connectivity index (χ3n) is 1.48. The molecule has 0 saturated carbocycles. The van der Waals surface area contributed by atoms with Gasteiger partial charge in [-0.2, -0.15) is 0 Å². The summed E-state index contributed by atoms with van der Waals surface area (Å²) in [7, 11) is 0. The van der Waals surface area contributed by atoms with Crippen LogP contribution >= 0.6 is 0 Å². The van der Waals surface area contributed by atoms with Crippen LogP contribution < -0.4 is 0 Å². The van der Waals surface area contributed by atoms with Crippen LogP contribution in [0.3, 0.4) is 0 Å². The summed E-state index contributed by atoms with van der Waals surface area (Å²) in [5.41, 5.74) is 0. The first-order chi connectivity index (χ1) is 4.31. The minimum absolute atomic E-state index is 0. The zero-order valence-electron chi connectivity index (χ0n) is 7.70. The van der Waals surface area contributed by atoms with Gasteiger partial charge in [-0.15, -0.1) is 0 Å². The molecule has 11 heavy (non-hydrogen) atoms. The molecule has 0 aliphatic rings. The zero-order chi connectivity index (χ0) is 7.70. The Morgan fingerprint density at radius 1 is 1.00 bits per heavy atom. The Kier molecular flexibility index (Phi) is 45.9. The Balaban J connectivity index is -0.0000000564. The maximum absolute atomic E-state index is 2.31. The first-order valence-electron chi connectivity index (χ1n) is 4.31. The number of hydrogen-bond acceptors (Lipinski definition) is 0. The minimum Gasteiger partial charge on any atom is -0.0776 e. The van der Waals surface area contributed by atoms with Crippen LogP contribution in [0.4, 0.5) is 0 Å². The third kappa shape index (κ3) is 25.6. The van der Waals surface area contributed by atoms with Gasteiger partial charge in [0.25, 0.3) is 0 Å². The van der Waals surface area contributed by atoms with E-state index in [1.807, 2.05) is 13.8 Å². The molecule has 1 atom stereocenters. The lowest BCUT2D eigenvalue weighted by molar-refractivity contribution is 0.509. The Labute approximate surface area is 75.4 Å². The van der Waals surface area contributed by atoms with Crippen LogP contribution in [0.1, 0.15) is 68.7 Å². The lowest BCUT2D eigenvalue weighted by atomic mass is 10.0. The molecule has 0 amide bonds. The first-order valence-corrected chi connectivity index (χ1v) is 4.31. The number of rotatable bonds is 3. The van der Waals surface area contributed by atoms with E-state index >= 15 is 0 Å². The van der Waals surface area contributed by atoms with Gasteiger partial charge in [0, 0.05) is 0 Å². The molecular weight excluding hydrogens is 132 g/mol. The summed E-state index contributed by atoms with van der Waals surface area (Å²) in [4.78, 5) is 0. The van der Waals surface area contributed by atoms with Crippen molar-refractivity contribution in [2.75, 3.05) is 0 Å². The van der Waals surface area contributed by atoms with E-state index in [1.54, 1.807) is 0 Å². The predicted octanol–water partition coefficient (Wildman–Crippen LogP) is 5.13. The Hall–Kier alpha value is 0. The van der Waals surface area contributed by atoms with Gasteiger partial charge in [-0.3, -0.25) is 0 Å². The van der Waals surface area contributed by atoms with Gasteiger partial charge in [0.2, 0.25) is 0 Å². The highest BCUT2D eigenvalue weighted by molar-refractivity contribution is 4.45. The summed E-state index contributed by atoms with van der Waals surface area (Å²) < 4.78 is 0. The molecule has 0 fully saturated rings. The second-order valence-corrected chi connectivity index (χ2v) is 2.30. The van der Waals surface area contributed by atoms with E-state index in [1.165, 1.54) is 19.3 Å². The molecule has 0 radical (unpaired) electrons. The fourth-order valence-electron chi connectivity index (χ4n) is 0.697. The van der Waals surface area contributed by atoms with Gasteiger partial charge >= 0.3 is 0 Å². The second kappa shape index (κ2) is 22.5. The molecule has 0 heterocycles. The molecule has 0 bridgehead atoms. The lowest BCUT2D eigenvalue weighted by Gasteiger charge is -2.02. The molecule has 0 aromatic heterocycles. The van der Waals surface area contributed by atoms with Crippen LogP contribution in [0.2, 0.25) is 0 Å². The van der Waals surface area contributed by atoms with E-state index in [0.29, 0.717) is 0 Å². The molecule has 0 rings (SSSR count). The van der Waals surface area contributed by atoms with Gasteiger partial charge in [0.15, 0.2) is 0 Å². The van der Waals surface area contributed by atoms with Crippen LogP contribution in [0.25, 0.3) is 0 Å². The molecule has 1 unspecified atom stereocenters. The highest BCUT2D eigenvalue weighted by Crippen LogP contribution is 2.07. The van der Waals surface area contributed by atoms with Crippen molar-refractivity contribution < 1.29 is 0 Å².